The van der Waals surface area contributed by atoms with Crippen molar-refractivity contribution in [3.8, 4) is 0 Å². The highest BCUT2D eigenvalue weighted by molar-refractivity contribution is 5.92. The van der Waals surface area contributed by atoms with Crippen LogP contribution in [0.25, 0.3) is 0 Å². The van der Waals surface area contributed by atoms with Gasteiger partial charge in [-0.05, 0) is 74.8 Å². The smallest absolute Gasteiger partial charge is 0.238 e. The van der Waals surface area contributed by atoms with Crippen LogP contribution in [0.3, 0.4) is 0 Å². The predicted molar refractivity (Wildman–Crippen MR) is 105 cm³/mol. The van der Waals surface area contributed by atoms with Crippen LogP contribution < -0.4 is 10.2 Å². The van der Waals surface area contributed by atoms with Gasteiger partial charge in [-0.2, -0.15) is 0 Å². The zero-order valence-electron chi connectivity index (χ0n) is 15.9. The minimum atomic E-state index is 0.0792. The quantitative estimate of drug-likeness (QED) is 0.850. The number of anilines is 2. The highest BCUT2D eigenvalue weighted by Crippen LogP contribution is 2.54. The maximum absolute atomic E-state index is 12.4. The Balaban J connectivity index is 1.26. The van der Waals surface area contributed by atoms with Crippen molar-refractivity contribution in [3.63, 3.8) is 0 Å². The Labute approximate surface area is 156 Å². The largest absolute Gasteiger partial charge is 0.378 e. The zero-order valence-corrected chi connectivity index (χ0v) is 15.9. The first kappa shape index (κ1) is 17.8. The van der Waals surface area contributed by atoms with E-state index in [1.54, 1.807) is 0 Å². The lowest BCUT2D eigenvalue weighted by Gasteiger charge is -2.31. The molecule has 2 saturated carbocycles. The van der Waals surface area contributed by atoms with Crippen LogP contribution in [-0.2, 0) is 9.53 Å². The SMILES string of the molecule is CN(CC(=O)Nc1ccc(N2CCOCC2)cc1)CC12CCC(CC1)C2. The van der Waals surface area contributed by atoms with Crippen molar-refractivity contribution in [3.05, 3.63) is 24.3 Å². The summed E-state index contributed by atoms with van der Waals surface area (Å²) in [6, 6.07) is 8.17. The Morgan fingerprint density at radius 3 is 2.54 bits per heavy atom. The molecule has 5 heteroatoms. The molecular weight excluding hydrogens is 326 g/mol. The predicted octanol–water partition coefficient (Wildman–Crippen LogP) is 2.97. The minimum absolute atomic E-state index is 0.0792. The number of rotatable bonds is 6. The number of nitrogens with zero attached hydrogens (tertiary/aromatic N) is 2. The summed E-state index contributed by atoms with van der Waals surface area (Å²) in [6.07, 6.45) is 6.88. The number of benzene rings is 1. The molecule has 26 heavy (non-hydrogen) atoms. The molecule has 0 radical (unpaired) electrons. The number of amides is 1. The van der Waals surface area contributed by atoms with Crippen LogP contribution >= 0.6 is 0 Å². The van der Waals surface area contributed by atoms with Gasteiger partial charge in [0.25, 0.3) is 0 Å². The number of hydrogen-bond donors (Lipinski definition) is 1. The Morgan fingerprint density at radius 1 is 1.23 bits per heavy atom. The summed E-state index contributed by atoms with van der Waals surface area (Å²) in [5.41, 5.74) is 2.57. The van der Waals surface area contributed by atoms with Gasteiger partial charge in [0.2, 0.25) is 5.91 Å². The summed E-state index contributed by atoms with van der Waals surface area (Å²) in [7, 11) is 2.08. The van der Waals surface area contributed by atoms with Crippen molar-refractivity contribution in [2.45, 2.75) is 32.1 Å². The molecule has 2 aliphatic carbocycles. The molecule has 0 spiro atoms. The lowest BCUT2D eigenvalue weighted by atomic mass is 9.84. The Hall–Kier alpha value is -1.59. The first-order valence-corrected chi connectivity index (χ1v) is 10.0. The number of carbonyl (C=O) groups excluding carboxylic acids is 1. The second-order valence-electron chi connectivity index (χ2n) is 8.51. The van der Waals surface area contributed by atoms with Crippen LogP contribution in [0.1, 0.15) is 32.1 Å². The summed E-state index contributed by atoms with van der Waals surface area (Å²) < 4.78 is 5.40. The van der Waals surface area contributed by atoms with E-state index in [0.717, 1.165) is 44.5 Å². The van der Waals surface area contributed by atoms with Crippen LogP contribution in [0, 0.1) is 11.3 Å². The van der Waals surface area contributed by atoms with Gasteiger partial charge in [-0.3, -0.25) is 9.69 Å². The van der Waals surface area contributed by atoms with E-state index in [2.05, 4.69) is 34.3 Å². The van der Waals surface area contributed by atoms with E-state index >= 15 is 0 Å². The number of likely N-dealkylation sites (N-methyl/N-ethyl adjacent to an activating group) is 1. The fourth-order valence-corrected chi connectivity index (χ4v) is 5.18. The van der Waals surface area contributed by atoms with Gasteiger partial charge in [-0.15, -0.1) is 0 Å². The van der Waals surface area contributed by atoms with Crippen LogP contribution in [0.2, 0.25) is 0 Å². The molecular formula is C21H31N3O2. The topological polar surface area (TPSA) is 44.8 Å². The van der Waals surface area contributed by atoms with Crippen molar-refractivity contribution in [2.75, 3.05) is 56.7 Å². The van der Waals surface area contributed by atoms with Gasteiger partial charge in [0.1, 0.15) is 0 Å². The molecule has 4 rings (SSSR count). The van der Waals surface area contributed by atoms with Crippen molar-refractivity contribution < 1.29 is 9.53 Å². The first-order chi connectivity index (χ1) is 12.6. The summed E-state index contributed by atoms with van der Waals surface area (Å²) in [4.78, 5) is 16.9. The summed E-state index contributed by atoms with van der Waals surface area (Å²) in [5.74, 6) is 1.04. The number of fused-ring (bicyclic) bond motifs is 2. The van der Waals surface area contributed by atoms with Crippen molar-refractivity contribution in [1.82, 2.24) is 4.90 Å². The average Bonchev–Trinajstić information content (AvgIpc) is 3.23. The van der Waals surface area contributed by atoms with Gasteiger partial charge in [-0.25, -0.2) is 0 Å². The summed E-state index contributed by atoms with van der Waals surface area (Å²) in [5, 5.41) is 3.05. The number of ether oxygens (including phenoxy) is 1. The van der Waals surface area contributed by atoms with Crippen LogP contribution in [0.4, 0.5) is 11.4 Å². The Kier molecular flexibility index (Phi) is 5.18. The molecule has 0 atom stereocenters. The molecule has 1 N–H and O–H groups in total. The Morgan fingerprint density at radius 2 is 1.92 bits per heavy atom. The molecule has 0 unspecified atom stereocenters. The van der Waals surface area contributed by atoms with Crippen molar-refractivity contribution >= 4 is 17.3 Å². The highest BCUT2D eigenvalue weighted by Gasteiger charge is 2.45. The van der Waals surface area contributed by atoms with Gasteiger partial charge in [0.05, 0.1) is 19.8 Å². The lowest BCUT2D eigenvalue weighted by molar-refractivity contribution is -0.117. The monoisotopic (exact) mass is 357 g/mol. The maximum Gasteiger partial charge on any atom is 0.238 e. The first-order valence-electron chi connectivity index (χ1n) is 10.0. The molecule has 1 heterocycles. The van der Waals surface area contributed by atoms with E-state index in [9.17, 15) is 4.79 Å². The molecule has 1 aromatic rings. The van der Waals surface area contributed by atoms with E-state index in [1.165, 1.54) is 37.8 Å². The van der Waals surface area contributed by atoms with Crippen LogP contribution in [-0.4, -0.2) is 57.2 Å². The molecule has 3 fully saturated rings. The molecule has 1 aromatic carbocycles. The molecule has 2 bridgehead atoms. The average molecular weight is 357 g/mol. The van der Waals surface area contributed by atoms with E-state index in [-0.39, 0.29) is 5.91 Å². The molecule has 5 nitrogen and oxygen atoms in total. The fraction of sp³-hybridized carbons (Fsp3) is 0.667. The van der Waals surface area contributed by atoms with E-state index in [4.69, 9.17) is 4.74 Å². The van der Waals surface area contributed by atoms with E-state index in [0.29, 0.717) is 12.0 Å². The van der Waals surface area contributed by atoms with E-state index in [1.807, 2.05) is 12.1 Å². The van der Waals surface area contributed by atoms with Crippen molar-refractivity contribution in [1.29, 1.82) is 0 Å². The third-order valence-electron chi connectivity index (χ3n) is 6.43. The minimum Gasteiger partial charge on any atom is -0.378 e. The molecule has 1 saturated heterocycles. The lowest BCUT2D eigenvalue weighted by Crippen LogP contribution is -2.37. The zero-order chi connectivity index (χ0) is 18.0. The molecule has 142 valence electrons. The van der Waals surface area contributed by atoms with E-state index < -0.39 is 0 Å². The van der Waals surface area contributed by atoms with Gasteiger partial charge < -0.3 is 15.0 Å². The molecule has 1 amide bonds. The summed E-state index contributed by atoms with van der Waals surface area (Å²) in [6.45, 7) is 4.96. The van der Waals surface area contributed by atoms with Gasteiger partial charge in [-0.1, -0.05) is 0 Å². The molecule has 3 aliphatic rings. The summed E-state index contributed by atoms with van der Waals surface area (Å²) >= 11 is 0. The van der Waals surface area contributed by atoms with Crippen molar-refractivity contribution in [2.24, 2.45) is 11.3 Å². The number of hydrogen-bond acceptors (Lipinski definition) is 4. The third kappa shape index (κ3) is 4.04. The fourth-order valence-electron chi connectivity index (χ4n) is 5.18. The Bertz CT molecular complexity index is 617. The number of morpholine rings is 1. The second kappa shape index (κ2) is 7.57. The third-order valence-corrected chi connectivity index (χ3v) is 6.43. The van der Waals surface area contributed by atoms with Gasteiger partial charge in [0.15, 0.2) is 0 Å². The second-order valence-corrected chi connectivity index (χ2v) is 8.51. The van der Waals surface area contributed by atoms with Gasteiger partial charge >= 0.3 is 0 Å². The number of nitrogens with one attached hydrogen (secondary N) is 1. The number of carbonyl (C=O) groups is 1. The standard InChI is InChI=1S/C21H31N3O2/c1-23(16-21-8-6-17(14-21)7-9-21)15-20(25)22-18-2-4-19(5-3-18)24-10-12-26-13-11-24/h2-5,17H,6-16H2,1H3,(H,22,25). The van der Waals surface area contributed by atoms with Crippen LogP contribution in [0.5, 0.6) is 0 Å². The van der Waals surface area contributed by atoms with Gasteiger partial charge in [0, 0.05) is 31.0 Å². The molecule has 1 aliphatic heterocycles. The molecule has 0 aromatic heterocycles. The maximum atomic E-state index is 12.4. The van der Waals surface area contributed by atoms with Crippen LogP contribution in [0.15, 0.2) is 24.3 Å². The highest BCUT2D eigenvalue weighted by atomic mass is 16.5. The normalized spacial score (nSPS) is 27.9.